The number of nitrogens with two attached hydrogens (primary N) is 2. The van der Waals surface area contributed by atoms with Crippen molar-refractivity contribution in [1.82, 2.24) is 0 Å². The molecule has 10 heteroatoms. The number of hydrogen-bond acceptors (Lipinski definition) is 9. The number of ketones is 2. The molecule has 5 atom stereocenters. The fourth-order valence-electron chi connectivity index (χ4n) is 5.58. The molecular weight excluding hydrogens is 436 g/mol. The molecule has 0 aromatic heterocycles. The number of phenolic OH excluding ortho intramolecular Hbond substituents is 1. The molecule has 0 heterocycles. The number of primary amides is 1. The normalized spacial score (nSPS) is 31.8. The Morgan fingerprint density at radius 2 is 1.94 bits per heavy atom. The zero-order chi connectivity index (χ0) is 23.5. The van der Waals surface area contributed by atoms with Crippen molar-refractivity contribution >= 4 is 29.2 Å². The van der Waals surface area contributed by atoms with Crippen molar-refractivity contribution < 1.29 is 34.8 Å². The lowest BCUT2D eigenvalue weighted by atomic mass is 9.57. The highest BCUT2D eigenvalue weighted by Gasteiger charge is 2.62. The predicted octanol–water partition coefficient (Wildman–Crippen LogP) is 0.0672. The summed E-state index contributed by atoms with van der Waals surface area (Å²) >= 11 is 1.46. The van der Waals surface area contributed by atoms with Gasteiger partial charge in [0.1, 0.15) is 17.4 Å². The second-order valence-electron chi connectivity index (χ2n) is 8.77. The molecule has 1 aromatic carbocycles. The molecule has 3 aliphatic rings. The van der Waals surface area contributed by atoms with Crippen molar-refractivity contribution in [2.24, 2.45) is 29.2 Å². The molecule has 1 amide bonds. The van der Waals surface area contributed by atoms with Crippen LogP contribution in [0.1, 0.15) is 39.9 Å². The van der Waals surface area contributed by atoms with Crippen LogP contribution in [0.3, 0.4) is 0 Å². The highest BCUT2D eigenvalue weighted by Crippen LogP contribution is 2.52. The van der Waals surface area contributed by atoms with Gasteiger partial charge in [0, 0.05) is 29.4 Å². The van der Waals surface area contributed by atoms with E-state index in [4.69, 9.17) is 11.5 Å². The number of allylic oxidation sites excluding steroid dienone is 1. The molecule has 1 aromatic rings. The van der Waals surface area contributed by atoms with E-state index in [1.54, 1.807) is 6.07 Å². The number of rotatable bonds is 4. The van der Waals surface area contributed by atoms with Gasteiger partial charge in [-0.15, -0.1) is 0 Å². The van der Waals surface area contributed by atoms with Crippen molar-refractivity contribution in [3.8, 4) is 5.75 Å². The largest absolute Gasteiger partial charge is 0.508 e. The zero-order valence-corrected chi connectivity index (χ0v) is 18.3. The Morgan fingerprint density at radius 3 is 2.53 bits per heavy atom. The van der Waals surface area contributed by atoms with Crippen LogP contribution in [0.15, 0.2) is 17.4 Å². The number of aliphatic hydroxyl groups is 3. The van der Waals surface area contributed by atoms with Gasteiger partial charge >= 0.3 is 0 Å². The van der Waals surface area contributed by atoms with Crippen LogP contribution in [0.5, 0.6) is 5.75 Å². The second-order valence-corrected chi connectivity index (χ2v) is 9.64. The summed E-state index contributed by atoms with van der Waals surface area (Å²) in [5.74, 6) is -6.60. The van der Waals surface area contributed by atoms with Gasteiger partial charge in [-0.3, -0.25) is 14.4 Å². The molecule has 32 heavy (non-hydrogen) atoms. The van der Waals surface area contributed by atoms with Crippen LogP contribution in [-0.2, 0) is 28.3 Å². The number of benzene rings is 1. The Morgan fingerprint density at radius 1 is 1.25 bits per heavy atom. The Balaban J connectivity index is 1.90. The Hall–Kier alpha value is -2.40. The standard InChI is InChI=1S/C22H26N2O7S/c1-32-7-10-2-9(6-23)12-4-8-3-11-5-13(25)16(21(24)30)20(29)22(11,31)19(28)14(8)18(27)15(12)17(10)26/h2,8,11,13,16,25-26,28,31H,3-7,23H2,1H3,(H2,24,30). The highest BCUT2D eigenvalue weighted by atomic mass is 32.2. The number of phenols is 1. The number of carbonyl (C=O) groups is 3. The van der Waals surface area contributed by atoms with E-state index >= 15 is 0 Å². The number of hydrogen-bond donors (Lipinski definition) is 6. The summed E-state index contributed by atoms with van der Waals surface area (Å²) in [6, 6.07) is 1.77. The monoisotopic (exact) mass is 462 g/mol. The first kappa shape index (κ1) is 22.8. The first-order chi connectivity index (χ1) is 15.1. The third kappa shape index (κ3) is 3.01. The first-order valence-electron chi connectivity index (χ1n) is 10.4. The van der Waals surface area contributed by atoms with E-state index in [9.17, 15) is 34.8 Å². The number of aliphatic hydroxyl groups excluding tert-OH is 2. The van der Waals surface area contributed by atoms with Crippen LogP contribution in [0.25, 0.3) is 0 Å². The minimum absolute atomic E-state index is 0.0200. The van der Waals surface area contributed by atoms with Gasteiger partial charge in [-0.2, -0.15) is 11.8 Å². The third-order valence-corrected chi connectivity index (χ3v) is 7.68. The molecule has 9 nitrogen and oxygen atoms in total. The maximum absolute atomic E-state index is 13.5. The summed E-state index contributed by atoms with van der Waals surface area (Å²) < 4.78 is 0. The van der Waals surface area contributed by atoms with Gasteiger partial charge in [0.2, 0.25) is 5.91 Å². The van der Waals surface area contributed by atoms with Gasteiger partial charge in [-0.25, -0.2) is 0 Å². The van der Waals surface area contributed by atoms with Crippen LogP contribution >= 0.6 is 11.8 Å². The van der Waals surface area contributed by atoms with Crippen LogP contribution in [0.4, 0.5) is 0 Å². The topological polar surface area (TPSA) is 184 Å². The fourth-order valence-corrected chi connectivity index (χ4v) is 6.11. The van der Waals surface area contributed by atoms with Crippen molar-refractivity contribution in [3.05, 3.63) is 39.7 Å². The second kappa shape index (κ2) is 7.87. The lowest BCUT2D eigenvalue weighted by Crippen LogP contribution is -2.63. The van der Waals surface area contributed by atoms with Crippen LogP contribution in [0, 0.1) is 17.8 Å². The third-order valence-electron chi connectivity index (χ3n) is 7.08. The van der Waals surface area contributed by atoms with Crippen LogP contribution in [-0.4, -0.2) is 55.9 Å². The number of aromatic hydroxyl groups is 1. The van der Waals surface area contributed by atoms with Gasteiger partial charge in [0.25, 0.3) is 0 Å². The van der Waals surface area contributed by atoms with Crippen molar-refractivity contribution in [1.29, 1.82) is 0 Å². The van der Waals surface area contributed by atoms with Gasteiger partial charge < -0.3 is 31.9 Å². The maximum atomic E-state index is 13.5. The lowest BCUT2D eigenvalue weighted by molar-refractivity contribution is -0.167. The maximum Gasteiger partial charge on any atom is 0.230 e. The SMILES string of the molecule is CSCc1cc(CN)c2c(c1O)C(=O)C1=C(O)C3(O)C(=O)C(C(N)=O)C(O)CC3CC1C2. The Kier molecular flexibility index (Phi) is 5.61. The summed E-state index contributed by atoms with van der Waals surface area (Å²) in [5.41, 5.74) is 10.4. The first-order valence-corrected chi connectivity index (χ1v) is 11.7. The minimum atomic E-state index is -2.50. The quantitative estimate of drug-likeness (QED) is 0.337. The van der Waals surface area contributed by atoms with Crippen molar-refractivity contribution in [2.45, 2.75) is 43.3 Å². The summed E-state index contributed by atoms with van der Waals surface area (Å²) in [7, 11) is 0. The number of thioether (sulfide) groups is 1. The highest BCUT2D eigenvalue weighted by molar-refractivity contribution is 7.97. The van der Waals surface area contributed by atoms with E-state index in [1.165, 1.54) is 11.8 Å². The molecule has 0 aliphatic heterocycles. The van der Waals surface area contributed by atoms with E-state index in [0.717, 1.165) is 0 Å². The van der Waals surface area contributed by atoms with E-state index in [2.05, 4.69) is 0 Å². The zero-order valence-electron chi connectivity index (χ0n) is 17.5. The minimum Gasteiger partial charge on any atom is -0.508 e. The van der Waals surface area contributed by atoms with Crippen LogP contribution < -0.4 is 11.5 Å². The number of fused-ring (bicyclic) bond motifs is 3. The van der Waals surface area contributed by atoms with Crippen molar-refractivity contribution in [3.63, 3.8) is 0 Å². The Labute approximate surface area is 188 Å². The molecule has 172 valence electrons. The van der Waals surface area contributed by atoms with Crippen LogP contribution in [0.2, 0.25) is 0 Å². The molecule has 8 N–H and O–H groups in total. The fraction of sp³-hybridized carbons (Fsp3) is 0.500. The molecule has 0 radical (unpaired) electrons. The van der Waals surface area contributed by atoms with E-state index in [-0.39, 0.29) is 42.7 Å². The number of carbonyl (C=O) groups excluding carboxylic acids is 3. The average Bonchev–Trinajstić information content (AvgIpc) is 2.72. The number of amides is 1. The van der Waals surface area contributed by atoms with Gasteiger partial charge in [0.05, 0.1) is 11.7 Å². The summed E-state index contributed by atoms with van der Waals surface area (Å²) in [6.45, 7) is 0.153. The molecule has 3 aliphatic carbocycles. The molecule has 0 saturated heterocycles. The summed E-state index contributed by atoms with van der Waals surface area (Å²) in [4.78, 5) is 38.3. The smallest absolute Gasteiger partial charge is 0.230 e. The van der Waals surface area contributed by atoms with Gasteiger partial charge in [0.15, 0.2) is 17.2 Å². The molecular formula is C22H26N2O7S. The van der Waals surface area contributed by atoms with Crippen molar-refractivity contribution in [2.75, 3.05) is 6.26 Å². The molecule has 0 bridgehead atoms. The predicted molar refractivity (Wildman–Crippen MR) is 116 cm³/mol. The van der Waals surface area contributed by atoms with Gasteiger partial charge in [-0.1, -0.05) is 0 Å². The summed E-state index contributed by atoms with van der Waals surface area (Å²) in [5, 5.41) is 43.4. The molecule has 1 saturated carbocycles. The van der Waals surface area contributed by atoms with E-state index < -0.39 is 52.7 Å². The molecule has 4 rings (SSSR count). The lowest BCUT2D eigenvalue weighted by Gasteiger charge is -2.48. The van der Waals surface area contributed by atoms with E-state index in [0.29, 0.717) is 22.4 Å². The average molecular weight is 463 g/mol. The molecule has 1 fully saturated rings. The van der Waals surface area contributed by atoms with E-state index in [1.807, 2.05) is 6.26 Å². The Bertz CT molecular complexity index is 1070. The van der Waals surface area contributed by atoms with Gasteiger partial charge in [-0.05, 0) is 48.6 Å². The summed E-state index contributed by atoms with van der Waals surface area (Å²) in [6.07, 6.45) is 0.737. The number of Topliss-reactive ketones (excluding diaryl/α,β-unsaturated/α-hetero) is 2. The molecule has 5 unspecified atom stereocenters. The molecule has 0 spiro atoms.